The van der Waals surface area contributed by atoms with Crippen LogP contribution in [0.25, 0.3) is 0 Å². The minimum absolute atomic E-state index is 0.0414. The van der Waals surface area contributed by atoms with Gasteiger partial charge >= 0.3 is 6.03 Å². The Morgan fingerprint density at radius 3 is 2.48 bits per heavy atom. The van der Waals surface area contributed by atoms with Gasteiger partial charge in [0.2, 0.25) is 5.91 Å². The van der Waals surface area contributed by atoms with Gasteiger partial charge in [-0.3, -0.25) is 4.79 Å². The average molecular weight is 291 g/mol. The highest BCUT2D eigenvalue weighted by Gasteiger charge is 2.11. The van der Waals surface area contributed by atoms with Gasteiger partial charge in [-0.1, -0.05) is 18.2 Å². The maximum atomic E-state index is 11.8. The van der Waals surface area contributed by atoms with Gasteiger partial charge < -0.3 is 16.0 Å². The molecule has 0 aliphatic rings. The Balaban J connectivity index is 2.37. The highest BCUT2D eigenvalue weighted by molar-refractivity contribution is 5.74. The Morgan fingerprint density at radius 1 is 1.14 bits per heavy atom. The quantitative estimate of drug-likeness (QED) is 0.703. The molecule has 1 aromatic carbocycles. The van der Waals surface area contributed by atoms with Crippen LogP contribution in [-0.4, -0.2) is 25.0 Å². The summed E-state index contributed by atoms with van der Waals surface area (Å²) in [6.07, 6.45) is 0.713. The van der Waals surface area contributed by atoms with Crippen molar-refractivity contribution >= 4 is 11.9 Å². The number of carbonyl (C=O) groups excluding carboxylic acids is 2. The van der Waals surface area contributed by atoms with E-state index in [-0.39, 0.29) is 18.0 Å². The molecule has 3 N–H and O–H groups in total. The first-order chi connectivity index (χ1) is 9.91. The second-order valence-corrected chi connectivity index (χ2v) is 5.25. The van der Waals surface area contributed by atoms with E-state index < -0.39 is 0 Å². The topological polar surface area (TPSA) is 70.2 Å². The van der Waals surface area contributed by atoms with Gasteiger partial charge in [0, 0.05) is 20.0 Å². The summed E-state index contributed by atoms with van der Waals surface area (Å²) >= 11 is 0. The van der Waals surface area contributed by atoms with E-state index in [1.54, 1.807) is 0 Å². The third kappa shape index (κ3) is 5.85. The van der Waals surface area contributed by atoms with Crippen molar-refractivity contribution in [3.63, 3.8) is 0 Å². The molecule has 116 valence electrons. The molecule has 0 aliphatic carbocycles. The molecular weight excluding hydrogens is 266 g/mol. The van der Waals surface area contributed by atoms with E-state index in [1.165, 1.54) is 18.1 Å². The molecular formula is C16H25N3O2. The monoisotopic (exact) mass is 291 g/mol. The summed E-state index contributed by atoms with van der Waals surface area (Å²) in [7, 11) is 0. The molecule has 5 heteroatoms. The number of urea groups is 1. The molecule has 0 saturated heterocycles. The third-order valence-corrected chi connectivity index (χ3v) is 3.47. The van der Waals surface area contributed by atoms with E-state index in [0.29, 0.717) is 19.5 Å². The molecule has 0 saturated carbocycles. The van der Waals surface area contributed by atoms with E-state index in [1.807, 2.05) is 19.1 Å². The Morgan fingerprint density at radius 2 is 1.81 bits per heavy atom. The zero-order valence-electron chi connectivity index (χ0n) is 13.2. The highest BCUT2D eigenvalue weighted by atomic mass is 16.2. The SMILES string of the molecule is CC(=O)NCCCNC(=O)NC(C)c1cccc(C)c1C. The van der Waals surface area contributed by atoms with Crippen LogP contribution in [0.4, 0.5) is 4.79 Å². The Bertz CT molecular complexity index is 500. The number of nitrogens with one attached hydrogen (secondary N) is 3. The first-order valence-electron chi connectivity index (χ1n) is 7.26. The summed E-state index contributed by atoms with van der Waals surface area (Å²) in [4.78, 5) is 22.5. The molecule has 3 amide bonds. The lowest BCUT2D eigenvalue weighted by Crippen LogP contribution is -2.38. The molecule has 1 aromatic rings. The number of carbonyl (C=O) groups is 2. The largest absolute Gasteiger partial charge is 0.356 e. The summed E-state index contributed by atoms with van der Waals surface area (Å²) in [5.74, 6) is -0.0528. The van der Waals surface area contributed by atoms with Crippen LogP contribution in [0.1, 0.15) is 43.0 Å². The van der Waals surface area contributed by atoms with Crippen LogP contribution in [0, 0.1) is 13.8 Å². The number of hydrogen-bond donors (Lipinski definition) is 3. The Hall–Kier alpha value is -2.04. The average Bonchev–Trinajstić information content (AvgIpc) is 2.41. The molecule has 0 spiro atoms. The highest BCUT2D eigenvalue weighted by Crippen LogP contribution is 2.19. The van der Waals surface area contributed by atoms with Crippen molar-refractivity contribution in [2.75, 3.05) is 13.1 Å². The summed E-state index contributed by atoms with van der Waals surface area (Å²) in [6.45, 7) is 8.68. The van der Waals surface area contributed by atoms with Gasteiger partial charge in [0.25, 0.3) is 0 Å². The first kappa shape index (κ1) is 17.0. The fourth-order valence-electron chi connectivity index (χ4n) is 2.12. The molecule has 0 heterocycles. The van der Waals surface area contributed by atoms with Crippen molar-refractivity contribution in [1.29, 1.82) is 0 Å². The third-order valence-electron chi connectivity index (χ3n) is 3.47. The first-order valence-corrected chi connectivity index (χ1v) is 7.26. The number of rotatable bonds is 6. The number of amides is 3. The van der Waals surface area contributed by atoms with Crippen molar-refractivity contribution in [1.82, 2.24) is 16.0 Å². The van der Waals surface area contributed by atoms with Gasteiger partial charge in [-0.25, -0.2) is 4.79 Å². The predicted molar refractivity (Wildman–Crippen MR) is 84.2 cm³/mol. The van der Waals surface area contributed by atoms with Gasteiger partial charge in [-0.15, -0.1) is 0 Å². The van der Waals surface area contributed by atoms with Crippen LogP contribution in [0.5, 0.6) is 0 Å². The standard InChI is InChI=1S/C16H25N3O2/c1-11-7-5-8-15(12(11)2)13(3)19-16(21)18-10-6-9-17-14(4)20/h5,7-8,13H,6,9-10H2,1-4H3,(H,17,20)(H2,18,19,21). The fraction of sp³-hybridized carbons (Fsp3) is 0.500. The fourth-order valence-corrected chi connectivity index (χ4v) is 2.12. The van der Waals surface area contributed by atoms with E-state index in [9.17, 15) is 9.59 Å². The molecule has 0 bridgehead atoms. The van der Waals surface area contributed by atoms with Crippen LogP contribution in [0.15, 0.2) is 18.2 Å². The van der Waals surface area contributed by atoms with Crippen LogP contribution in [0.3, 0.4) is 0 Å². The lowest BCUT2D eigenvalue weighted by molar-refractivity contribution is -0.118. The molecule has 1 rings (SSSR count). The van der Waals surface area contributed by atoms with Crippen molar-refractivity contribution in [3.05, 3.63) is 34.9 Å². The van der Waals surface area contributed by atoms with Crippen LogP contribution in [-0.2, 0) is 4.79 Å². The summed E-state index contributed by atoms with van der Waals surface area (Å²) in [6, 6.07) is 5.87. The second kappa shape index (κ2) is 8.29. The maximum Gasteiger partial charge on any atom is 0.315 e. The van der Waals surface area contributed by atoms with Gasteiger partial charge in [0.05, 0.1) is 6.04 Å². The van der Waals surface area contributed by atoms with Crippen molar-refractivity contribution < 1.29 is 9.59 Å². The summed E-state index contributed by atoms with van der Waals surface area (Å²) in [5, 5.41) is 8.41. The molecule has 21 heavy (non-hydrogen) atoms. The number of hydrogen-bond acceptors (Lipinski definition) is 2. The van der Waals surface area contributed by atoms with E-state index in [4.69, 9.17) is 0 Å². The maximum absolute atomic E-state index is 11.8. The summed E-state index contributed by atoms with van der Waals surface area (Å²) in [5.41, 5.74) is 3.55. The molecule has 0 fully saturated rings. The predicted octanol–water partition coefficient (Wildman–Crippen LogP) is 2.19. The Kier molecular flexibility index (Phi) is 6.72. The van der Waals surface area contributed by atoms with Crippen LogP contribution >= 0.6 is 0 Å². The lowest BCUT2D eigenvalue weighted by Gasteiger charge is -2.18. The summed E-state index contributed by atoms with van der Waals surface area (Å²) < 4.78 is 0. The van der Waals surface area contributed by atoms with Crippen molar-refractivity contribution in [3.8, 4) is 0 Å². The smallest absolute Gasteiger partial charge is 0.315 e. The molecule has 1 unspecified atom stereocenters. The molecule has 1 atom stereocenters. The minimum atomic E-state index is -0.189. The Labute approximate surface area is 126 Å². The lowest BCUT2D eigenvalue weighted by atomic mass is 9.98. The van der Waals surface area contributed by atoms with E-state index in [0.717, 1.165) is 5.56 Å². The molecule has 0 radical (unpaired) electrons. The van der Waals surface area contributed by atoms with Gasteiger partial charge in [-0.2, -0.15) is 0 Å². The number of aryl methyl sites for hydroxylation is 1. The van der Waals surface area contributed by atoms with Crippen molar-refractivity contribution in [2.24, 2.45) is 0 Å². The zero-order chi connectivity index (χ0) is 15.8. The molecule has 5 nitrogen and oxygen atoms in total. The molecule has 0 aliphatic heterocycles. The van der Waals surface area contributed by atoms with Gasteiger partial charge in [-0.05, 0) is 43.9 Å². The van der Waals surface area contributed by atoms with E-state index >= 15 is 0 Å². The van der Waals surface area contributed by atoms with Gasteiger partial charge in [0.1, 0.15) is 0 Å². The zero-order valence-corrected chi connectivity index (χ0v) is 13.2. The normalized spacial score (nSPS) is 11.6. The molecule has 0 aromatic heterocycles. The van der Waals surface area contributed by atoms with E-state index in [2.05, 4.69) is 35.9 Å². The minimum Gasteiger partial charge on any atom is -0.356 e. The second-order valence-electron chi connectivity index (χ2n) is 5.25. The number of benzene rings is 1. The van der Waals surface area contributed by atoms with Crippen molar-refractivity contribution in [2.45, 2.75) is 40.2 Å². The van der Waals surface area contributed by atoms with Gasteiger partial charge in [0.15, 0.2) is 0 Å². The van der Waals surface area contributed by atoms with Crippen LogP contribution in [0.2, 0.25) is 0 Å². The van der Waals surface area contributed by atoms with Crippen LogP contribution < -0.4 is 16.0 Å².